The highest BCUT2D eigenvalue weighted by Gasteiger charge is 2.34. The zero-order valence-corrected chi connectivity index (χ0v) is 30.4. The third-order valence-electron chi connectivity index (χ3n) is 10.3. The molecule has 11 nitrogen and oxygen atoms in total. The number of anilines is 1. The molecule has 0 radical (unpaired) electrons. The van der Waals surface area contributed by atoms with Crippen molar-refractivity contribution in [3.05, 3.63) is 91.7 Å². The molecule has 0 saturated carbocycles. The number of nitrogens with zero attached hydrogens (tertiary/aromatic N) is 5. The first-order valence-electron chi connectivity index (χ1n) is 17.0. The molecule has 2 aliphatic heterocycles. The van der Waals surface area contributed by atoms with Crippen LogP contribution in [0.15, 0.2) is 36.4 Å². The number of ether oxygens (including phenoxy) is 2. The van der Waals surface area contributed by atoms with E-state index in [0.717, 1.165) is 29.9 Å². The normalized spacial score (nSPS) is 18.5. The van der Waals surface area contributed by atoms with Crippen LogP contribution in [0, 0.1) is 23.1 Å². The highest BCUT2D eigenvalue weighted by atomic mass is 35.5. The summed E-state index contributed by atoms with van der Waals surface area (Å²) in [6, 6.07) is 12.9. The molecule has 2 unspecified atom stereocenters. The third-order valence-corrected chi connectivity index (χ3v) is 11.0. The lowest BCUT2D eigenvalue weighted by Crippen LogP contribution is -2.27. The lowest BCUT2D eigenvalue weighted by molar-refractivity contribution is -0.141. The largest absolute Gasteiger partial charge is 0.493 e. The second-order valence-corrected chi connectivity index (χ2v) is 14.4. The van der Waals surface area contributed by atoms with Crippen LogP contribution in [0.1, 0.15) is 63.2 Å². The number of amides is 1. The van der Waals surface area contributed by atoms with Gasteiger partial charge in [0.05, 0.1) is 40.0 Å². The number of carboxylic acid groups (broad SMARTS) is 1. The number of likely N-dealkylation sites (tertiary alicyclic amines) is 1. The molecule has 1 fully saturated rings. The van der Waals surface area contributed by atoms with Gasteiger partial charge in [0.1, 0.15) is 12.2 Å². The first-order chi connectivity index (χ1) is 25.0. The lowest BCUT2D eigenvalue weighted by atomic mass is 9.92. The summed E-state index contributed by atoms with van der Waals surface area (Å²) in [4.78, 5) is 33.6. The van der Waals surface area contributed by atoms with Gasteiger partial charge >= 0.3 is 5.97 Å². The molecular formula is C38H37Cl2FN6O5. The average molecular weight is 748 g/mol. The third kappa shape index (κ3) is 6.47. The second kappa shape index (κ2) is 14.4. The Hall–Kier alpha value is -4.67. The number of hydrogen-bond donors (Lipinski definition) is 2. The Labute approximate surface area is 310 Å². The van der Waals surface area contributed by atoms with Gasteiger partial charge in [0.15, 0.2) is 17.3 Å². The van der Waals surface area contributed by atoms with E-state index in [2.05, 4.69) is 21.3 Å². The van der Waals surface area contributed by atoms with Gasteiger partial charge in [-0.25, -0.2) is 4.98 Å². The summed E-state index contributed by atoms with van der Waals surface area (Å²) in [7, 11) is 5.21. The maximum Gasteiger partial charge on any atom is 0.307 e. The molecule has 3 aliphatic rings. The van der Waals surface area contributed by atoms with Gasteiger partial charge in [-0.2, -0.15) is 9.65 Å². The first kappa shape index (κ1) is 35.7. The van der Waals surface area contributed by atoms with Crippen molar-refractivity contribution in [1.29, 1.82) is 5.26 Å². The topological polar surface area (TPSA) is 133 Å². The Balaban J connectivity index is 1.16. The van der Waals surface area contributed by atoms with E-state index in [1.807, 2.05) is 35.7 Å². The zero-order valence-electron chi connectivity index (χ0n) is 28.9. The molecular weight excluding hydrogens is 710 g/mol. The summed E-state index contributed by atoms with van der Waals surface area (Å²) in [5.41, 5.74) is 5.66. The molecule has 2 atom stereocenters. The standard InChI is InChI=1S/C38H37Cl2FN6O5/c1-45-13-12-29-28(19-45)43-36(46(29)2)37(48)44-27-6-4-5-24(32(27)40)23-9-7-20-8-10-30(31(20)25(23)16-42)52-35-26(39)15-22(34(51-3)33(35)41)18-47-14-11-21(17-47)38(49)50/h4-7,9,15,21,30H,8,10-14,17-19H2,1-3H3,(H,44,48)(H,49,50). The predicted octanol–water partition coefficient (Wildman–Crippen LogP) is 6.63. The van der Waals surface area contributed by atoms with Crippen LogP contribution < -0.4 is 14.8 Å². The molecule has 7 rings (SSSR count). The second-order valence-electron chi connectivity index (χ2n) is 13.6. The number of methoxy groups -OCH3 is 1. The highest BCUT2D eigenvalue weighted by molar-refractivity contribution is 6.36. The Bertz CT molecular complexity index is 2150. The SMILES string of the molecule is COc1c(CN2CCC(C(=O)O)C2)cc(Cl)c(OC2CCc3ccc(-c4cccc(NC(=O)c5nc6c(n5C)CCN(C)C6)c4Cl)c(C#N)c32)c1F. The van der Waals surface area contributed by atoms with E-state index < -0.39 is 29.7 Å². The molecule has 1 aromatic heterocycles. The fourth-order valence-electron chi connectivity index (χ4n) is 7.66. The highest BCUT2D eigenvalue weighted by Crippen LogP contribution is 2.46. The number of aliphatic carboxylic acids is 1. The Kier molecular flexibility index (Phi) is 9.89. The molecule has 14 heteroatoms. The van der Waals surface area contributed by atoms with Gasteiger partial charge in [0, 0.05) is 67.6 Å². The van der Waals surface area contributed by atoms with Crippen molar-refractivity contribution in [2.75, 3.05) is 39.1 Å². The van der Waals surface area contributed by atoms with E-state index in [1.54, 1.807) is 24.3 Å². The minimum atomic E-state index is -0.854. The number of aromatic nitrogens is 2. The Morgan fingerprint density at radius 1 is 1.12 bits per heavy atom. The van der Waals surface area contributed by atoms with Crippen LogP contribution in [0.25, 0.3) is 11.1 Å². The van der Waals surface area contributed by atoms with Gasteiger partial charge in [0.2, 0.25) is 5.82 Å². The molecule has 1 aliphatic carbocycles. The average Bonchev–Trinajstić information content (AvgIpc) is 3.84. The number of carbonyl (C=O) groups is 2. The van der Waals surface area contributed by atoms with Crippen molar-refractivity contribution < 1.29 is 28.6 Å². The fourth-order valence-corrected chi connectivity index (χ4v) is 8.19. The van der Waals surface area contributed by atoms with Crippen LogP contribution in [0.2, 0.25) is 10.0 Å². The summed E-state index contributed by atoms with van der Waals surface area (Å²) < 4.78 is 29.7. The number of aryl methyl sites for hydroxylation is 1. The number of nitriles is 1. The smallest absolute Gasteiger partial charge is 0.307 e. The number of carboxylic acids is 1. The molecule has 270 valence electrons. The van der Waals surface area contributed by atoms with E-state index in [4.69, 9.17) is 32.7 Å². The van der Waals surface area contributed by atoms with Gasteiger partial charge in [-0.15, -0.1) is 0 Å². The quantitative estimate of drug-likeness (QED) is 0.194. The summed E-state index contributed by atoms with van der Waals surface area (Å²) in [6.07, 6.45) is 1.68. The monoisotopic (exact) mass is 746 g/mol. The van der Waals surface area contributed by atoms with Crippen molar-refractivity contribution in [1.82, 2.24) is 19.4 Å². The summed E-state index contributed by atoms with van der Waals surface area (Å²) >= 11 is 13.6. The maximum atomic E-state index is 16.1. The minimum absolute atomic E-state index is 0.0330. The number of nitrogens with one attached hydrogen (secondary N) is 1. The van der Waals surface area contributed by atoms with Crippen LogP contribution in [-0.2, 0) is 37.8 Å². The molecule has 3 aromatic carbocycles. The van der Waals surface area contributed by atoms with Crippen molar-refractivity contribution in [3.63, 3.8) is 0 Å². The van der Waals surface area contributed by atoms with Crippen LogP contribution >= 0.6 is 23.2 Å². The first-order valence-corrected chi connectivity index (χ1v) is 17.8. The van der Waals surface area contributed by atoms with E-state index in [1.165, 1.54) is 7.11 Å². The van der Waals surface area contributed by atoms with Crippen LogP contribution in [0.4, 0.5) is 10.1 Å². The molecule has 4 aromatic rings. The number of hydrogen-bond acceptors (Lipinski definition) is 8. The minimum Gasteiger partial charge on any atom is -0.493 e. The molecule has 0 spiro atoms. The molecule has 3 heterocycles. The van der Waals surface area contributed by atoms with Crippen LogP contribution in [0.5, 0.6) is 11.5 Å². The van der Waals surface area contributed by atoms with Gasteiger partial charge in [-0.1, -0.05) is 47.5 Å². The van der Waals surface area contributed by atoms with E-state index >= 15 is 4.39 Å². The molecule has 52 heavy (non-hydrogen) atoms. The van der Waals surface area contributed by atoms with Gasteiger partial charge < -0.3 is 29.4 Å². The summed E-state index contributed by atoms with van der Waals surface area (Å²) in [5, 5.41) is 23.1. The number of imidazole rings is 1. The molecule has 2 N–H and O–H groups in total. The van der Waals surface area contributed by atoms with Crippen molar-refractivity contribution in [2.24, 2.45) is 13.0 Å². The fraction of sp³-hybridized carbons (Fsp3) is 0.368. The van der Waals surface area contributed by atoms with E-state index in [9.17, 15) is 20.0 Å². The number of rotatable bonds is 9. The van der Waals surface area contributed by atoms with Crippen molar-refractivity contribution in [2.45, 2.75) is 44.9 Å². The van der Waals surface area contributed by atoms with Gasteiger partial charge in [-0.3, -0.25) is 14.5 Å². The molecule has 0 bridgehead atoms. The Morgan fingerprint density at radius 3 is 2.65 bits per heavy atom. The lowest BCUT2D eigenvalue weighted by Gasteiger charge is -2.22. The summed E-state index contributed by atoms with van der Waals surface area (Å²) in [5.74, 6) is -2.44. The van der Waals surface area contributed by atoms with Gasteiger partial charge in [0.25, 0.3) is 5.91 Å². The molecule has 1 amide bonds. The Morgan fingerprint density at radius 2 is 1.92 bits per heavy atom. The molecule has 1 saturated heterocycles. The van der Waals surface area contributed by atoms with Crippen LogP contribution in [-0.4, -0.2) is 70.1 Å². The van der Waals surface area contributed by atoms with E-state index in [0.29, 0.717) is 72.4 Å². The number of fused-ring (bicyclic) bond motifs is 2. The zero-order chi connectivity index (χ0) is 36.8. The van der Waals surface area contributed by atoms with Gasteiger partial charge in [-0.05, 0) is 50.6 Å². The number of halogens is 3. The van der Waals surface area contributed by atoms with Crippen molar-refractivity contribution >= 4 is 40.8 Å². The van der Waals surface area contributed by atoms with Crippen LogP contribution in [0.3, 0.4) is 0 Å². The predicted molar refractivity (Wildman–Crippen MR) is 193 cm³/mol. The van der Waals surface area contributed by atoms with E-state index in [-0.39, 0.29) is 33.9 Å². The maximum absolute atomic E-state index is 16.1. The number of benzene rings is 3. The number of carbonyl (C=O) groups excluding carboxylic acids is 1. The number of likely N-dealkylation sites (N-methyl/N-ethyl adjacent to an activating group) is 1. The van der Waals surface area contributed by atoms with Crippen molar-refractivity contribution in [3.8, 4) is 28.7 Å². The summed E-state index contributed by atoms with van der Waals surface area (Å²) in [6.45, 7) is 2.71.